The van der Waals surface area contributed by atoms with Crippen LogP contribution in [0.2, 0.25) is 0 Å². The molecular weight excluding hydrogens is 294 g/mol. The number of carboxylic acid groups (broad SMARTS) is 1. The smallest absolute Gasteiger partial charge is 0.303 e. The van der Waals surface area contributed by atoms with Crippen molar-refractivity contribution in [3.05, 3.63) is 35.4 Å². The molecular formula is C18H23NO4. The molecule has 2 aliphatic heterocycles. The van der Waals surface area contributed by atoms with Gasteiger partial charge in [-0.3, -0.25) is 9.59 Å². The van der Waals surface area contributed by atoms with Gasteiger partial charge in [0.05, 0.1) is 6.61 Å². The molecule has 124 valence electrons. The van der Waals surface area contributed by atoms with E-state index in [1.807, 2.05) is 23.1 Å². The van der Waals surface area contributed by atoms with Gasteiger partial charge in [-0.05, 0) is 42.7 Å². The fourth-order valence-corrected chi connectivity index (χ4v) is 3.59. The van der Waals surface area contributed by atoms with Crippen LogP contribution >= 0.6 is 0 Å². The lowest BCUT2D eigenvalue weighted by Crippen LogP contribution is -2.44. The van der Waals surface area contributed by atoms with Crippen molar-refractivity contribution in [1.82, 2.24) is 4.90 Å². The van der Waals surface area contributed by atoms with E-state index in [-0.39, 0.29) is 18.2 Å². The number of likely N-dealkylation sites (tertiary alicyclic amines) is 1. The summed E-state index contributed by atoms with van der Waals surface area (Å²) in [6, 6.07) is 7.97. The van der Waals surface area contributed by atoms with Crippen LogP contribution in [-0.4, -0.2) is 41.6 Å². The van der Waals surface area contributed by atoms with E-state index in [9.17, 15) is 9.59 Å². The van der Waals surface area contributed by atoms with E-state index < -0.39 is 12.1 Å². The average Bonchev–Trinajstić information content (AvgIpc) is 2.59. The summed E-state index contributed by atoms with van der Waals surface area (Å²) in [5.41, 5.74) is 2.17. The lowest BCUT2D eigenvalue weighted by Gasteiger charge is -2.36. The van der Waals surface area contributed by atoms with Gasteiger partial charge in [-0.1, -0.05) is 24.3 Å². The van der Waals surface area contributed by atoms with Crippen molar-refractivity contribution in [2.45, 2.75) is 38.2 Å². The van der Waals surface area contributed by atoms with Gasteiger partial charge in [0.15, 0.2) is 6.10 Å². The average molecular weight is 317 g/mol. The maximum atomic E-state index is 12.9. The second-order valence-electron chi connectivity index (χ2n) is 6.42. The number of hydrogen-bond acceptors (Lipinski definition) is 3. The first-order chi connectivity index (χ1) is 11.1. The molecule has 1 fully saturated rings. The fraction of sp³-hybridized carbons (Fsp3) is 0.556. The number of aliphatic carboxylic acids is 1. The minimum absolute atomic E-state index is 0.0252. The molecule has 2 atom stereocenters. The molecule has 0 unspecified atom stereocenters. The van der Waals surface area contributed by atoms with E-state index in [0.29, 0.717) is 19.6 Å². The third kappa shape index (κ3) is 3.72. The van der Waals surface area contributed by atoms with Gasteiger partial charge in [0.1, 0.15) is 0 Å². The van der Waals surface area contributed by atoms with Crippen molar-refractivity contribution in [1.29, 1.82) is 0 Å². The molecule has 5 nitrogen and oxygen atoms in total. The number of fused-ring (bicyclic) bond motifs is 1. The zero-order chi connectivity index (χ0) is 16.2. The molecule has 0 bridgehead atoms. The molecule has 2 heterocycles. The van der Waals surface area contributed by atoms with Gasteiger partial charge in [-0.2, -0.15) is 0 Å². The van der Waals surface area contributed by atoms with Gasteiger partial charge in [-0.15, -0.1) is 0 Å². The number of rotatable bonds is 4. The summed E-state index contributed by atoms with van der Waals surface area (Å²) in [4.78, 5) is 25.5. The highest BCUT2D eigenvalue weighted by atomic mass is 16.5. The molecule has 1 aromatic carbocycles. The van der Waals surface area contributed by atoms with Crippen LogP contribution < -0.4 is 0 Å². The predicted molar refractivity (Wildman–Crippen MR) is 85.0 cm³/mol. The second-order valence-corrected chi connectivity index (χ2v) is 6.42. The summed E-state index contributed by atoms with van der Waals surface area (Å²) < 4.78 is 5.77. The summed E-state index contributed by atoms with van der Waals surface area (Å²) >= 11 is 0. The minimum Gasteiger partial charge on any atom is -0.481 e. The van der Waals surface area contributed by atoms with Crippen molar-refractivity contribution < 1.29 is 19.4 Å². The summed E-state index contributed by atoms with van der Waals surface area (Å²) in [6.45, 7) is 1.96. The van der Waals surface area contributed by atoms with Crippen LogP contribution in [0.3, 0.4) is 0 Å². The third-order valence-corrected chi connectivity index (χ3v) is 4.81. The summed E-state index contributed by atoms with van der Waals surface area (Å²) in [7, 11) is 0. The molecule has 0 aliphatic carbocycles. The third-order valence-electron chi connectivity index (χ3n) is 4.81. The van der Waals surface area contributed by atoms with Gasteiger partial charge in [0.2, 0.25) is 0 Å². The van der Waals surface area contributed by atoms with E-state index in [1.165, 1.54) is 5.56 Å². The first-order valence-corrected chi connectivity index (χ1v) is 8.35. The van der Waals surface area contributed by atoms with Crippen molar-refractivity contribution in [3.8, 4) is 0 Å². The van der Waals surface area contributed by atoms with Gasteiger partial charge in [-0.25, -0.2) is 0 Å². The zero-order valence-electron chi connectivity index (χ0n) is 13.2. The molecule has 0 radical (unpaired) electrons. The van der Waals surface area contributed by atoms with Crippen molar-refractivity contribution in [2.24, 2.45) is 5.92 Å². The number of hydrogen-bond donors (Lipinski definition) is 1. The van der Waals surface area contributed by atoms with Gasteiger partial charge >= 0.3 is 5.97 Å². The van der Waals surface area contributed by atoms with E-state index >= 15 is 0 Å². The highest BCUT2D eigenvalue weighted by molar-refractivity contribution is 5.83. The molecule has 3 rings (SSSR count). The standard InChI is InChI=1S/C18H23NO4/c20-16(21)8-7-13-4-3-10-19(12-13)18(22)17-15-6-2-1-5-14(15)9-11-23-17/h1-2,5-6,13,17H,3-4,7-12H2,(H,20,21)/t13-,17+/m0/s1. The number of carbonyl (C=O) groups excluding carboxylic acids is 1. The summed E-state index contributed by atoms with van der Waals surface area (Å²) in [5, 5.41) is 8.83. The Labute approximate surface area is 136 Å². The van der Waals surface area contributed by atoms with E-state index in [0.717, 1.165) is 31.4 Å². The normalized spacial score (nSPS) is 24.1. The van der Waals surface area contributed by atoms with Crippen LogP contribution in [0.15, 0.2) is 24.3 Å². The number of nitrogens with zero attached hydrogens (tertiary/aromatic N) is 1. The molecule has 0 saturated carbocycles. The number of carbonyl (C=O) groups is 2. The minimum atomic E-state index is -0.766. The Morgan fingerprint density at radius 1 is 1.30 bits per heavy atom. The fourth-order valence-electron chi connectivity index (χ4n) is 3.59. The Hall–Kier alpha value is -1.88. The molecule has 5 heteroatoms. The van der Waals surface area contributed by atoms with Gasteiger partial charge in [0.25, 0.3) is 5.91 Å². The van der Waals surface area contributed by atoms with Gasteiger partial charge in [0, 0.05) is 19.5 Å². The van der Waals surface area contributed by atoms with Crippen LogP contribution in [0, 0.1) is 5.92 Å². The van der Waals surface area contributed by atoms with Crippen molar-refractivity contribution in [3.63, 3.8) is 0 Å². The molecule has 2 aliphatic rings. The van der Waals surface area contributed by atoms with E-state index in [2.05, 4.69) is 6.07 Å². The van der Waals surface area contributed by atoms with Crippen LogP contribution in [0.4, 0.5) is 0 Å². The van der Waals surface area contributed by atoms with Crippen LogP contribution in [0.1, 0.15) is 42.9 Å². The topological polar surface area (TPSA) is 66.8 Å². The molecule has 1 saturated heterocycles. The maximum absolute atomic E-state index is 12.9. The summed E-state index contributed by atoms with van der Waals surface area (Å²) in [6.07, 6.45) is 3.10. The molecule has 1 amide bonds. The first-order valence-electron chi connectivity index (χ1n) is 8.35. The van der Waals surface area contributed by atoms with Gasteiger partial charge < -0.3 is 14.7 Å². The van der Waals surface area contributed by atoms with Crippen LogP contribution in [0.25, 0.3) is 0 Å². The predicted octanol–water partition coefficient (Wildman–Crippen LogP) is 2.40. The highest BCUT2D eigenvalue weighted by Crippen LogP contribution is 2.30. The lowest BCUT2D eigenvalue weighted by molar-refractivity contribution is -0.147. The van der Waals surface area contributed by atoms with Crippen molar-refractivity contribution >= 4 is 11.9 Å². The molecule has 0 spiro atoms. The van der Waals surface area contributed by atoms with E-state index in [1.54, 1.807) is 0 Å². The number of benzene rings is 1. The highest BCUT2D eigenvalue weighted by Gasteiger charge is 2.33. The van der Waals surface area contributed by atoms with E-state index in [4.69, 9.17) is 9.84 Å². The number of piperidine rings is 1. The Bertz CT molecular complexity index is 586. The molecule has 23 heavy (non-hydrogen) atoms. The maximum Gasteiger partial charge on any atom is 0.303 e. The number of carboxylic acids is 1. The number of amides is 1. The zero-order valence-corrected chi connectivity index (χ0v) is 13.2. The van der Waals surface area contributed by atoms with Crippen LogP contribution in [-0.2, 0) is 20.7 Å². The SMILES string of the molecule is O=C(O)CC[C@@H]1CCCN(C(=O)[C@@H]2OCCc3ccccc32)C1. The number of ether oxygens (including phenoxy) is 1. The second kappa shape index (κ2) is 7.13. The Kier molecular flexibility index (Phi) is 4.96. The first kappa shape index (κ1) is 16.0. The monoisotopic (exact) mass is 317 g/mol. The Morgan fingerprint density at radius 2 is 2.13 bits per heavy atom. The Morgan fingerprint density at radius 3 is 2.96 bits per heavy atom. The molecule has 0 aromatic heterocycles. The largest absolute Gasteiger partial charge is 0.481 e. The van der Waals surface area contributed by atoms with Crippen molar-refractivity contribution in [2.75, 3.05) is 19.7 Å². The quantitative estimate of drug-likeness (QED) is 0.926. The Balaban J connectivity index is 1.67. The summed E-state index contributed by atoms with van der Waals surface area (Å²) in [5.74, 6) is -0.460. The molecule has 1 aromatic rings. The lowest BCUT2D eigenvalue weighted by atomic mass is 9.92. The van der Waals surface area contributed by atoms with Crippen LogP contribution in [0.5, 0.6) is 0 Å². The molecule has 1 N–H and O–H groups in total.